The second kappa shape index (κ2) is 7.92. The fourth-order valence-electron chi connectivity index (χ4n) is 1.47. The molecule has 2 N–H and O–H groups in total. The lowest BCUT2D eigenvalue weighted by Crippen LogP contribution is -2.48. The highest BCUT2D eigenvalue weighted by atomic mass is 32.2. The minimum atomic E-state index is -5.11. The predicted molar refractivity (Wildman–Crippen MR) is 74.8 cm³/mol. The number of benzene rings is 1. The zero-order valence-electron chi connectivity index (χ0n) is 11.5. The van der Waals surface area contributed by atoms with E-state index in [9.17, 15) is 22.8 Å². The average Bonchev–Trinajstić information content (AvgIpc) is 2.45. The molecule has 0 spiro atoms. The van der Waals surface area contributed by atoms with Gasteiger partial charge in [-0.1, -0.05) is 12.1 Å². The lowest BCUT2D eigenvalue weighted by Gasteiger charge is -2.15. The van der Waals surface area contributed by atoms with Crippen molar-refractivity contribution in [2.75, 3.05) is 12.9 Å². The molecule has 5 nitrogen and oxygen atoms in total. The highest BCUT2D eigenvalue weighted by molar-refractivity contribution is 7.98. The second-order valence-corrected chi connectivity index (χ2v) is 5.26. The Bertz CT molecular complexity index is 536. The average molecular weight is 337 g/mol. The third-order valence-electron chi connectivity index (χ3n) is 2.55. The summed E-state index contributed by atoms with van der Waals surface area (Å²) >= 11 is 1.10. The molecular weight excluding hydrogens is 323 g/mol. The van der Waals surface area contributed by atoms with Crippen molar-refractivity contribution in [3.05, 3.63) is 29.8 Å². The van der Waals surface area contributed by atoms with Gasteiger partial charge in [-0.3, -0.25) is 4.79 Å². The van der Waals surface area contributed by atoms with Crippen molar-refractivity contribution in [3.63, 3.8) is 0 Å². The van der Waals surface area contributed by atoms with Gasteiger partial charge in [0, 0.05) is 11.5 Å². The molecular formula is C13H14F3NO4S. The van der Waals surface area contributed by atoms with Gasteiger partial charge in [0.25, 0.3) is 0 Å². The molecule has 1 atom stereocenters. The molecule has 1 rings (SSSR count). The zero-order chi connectivity index (χ0) is 16.8. The summed E-state index contributed by atoms with van der Waals surface area (Å²) in [5.74, 6) is -2.96. The first kappa shape index (κ1) is 18.1. The minimum absolute atomic E-state index is 0.186. The number of carboxylic acid groups (broad SMARTS) is 1. The number of methoxy groups -OCH3 is 1. The fraction of sp³-hybridized carbons (Fsp3) is 0.385. The van der Waals surface area contributed by atoms with Crippen LogP contribution in [0, 0.1) is 0 Å². The number of alkyl halides is 3. The van der Waals surface area contributed by atoms with E-state index in [1.54, 1.807) is 24.3 Å². The number of ether oxygens (including phenoxy) is 1. The quantitative estimate of drug-likeness (QED) is 0.797. The molecule has 22 heavy (non-hydrogen) atoms. The first-order valence-corrected chi connectivity index (χ1v) is 7.20. The molecule has 1 unspecified atom stereocenters. The van der Waals surface area contributed by atoms with Crippen LogP contribution in [0.25, 0.3) is 0 Å². The van der Waals surface area contributed by atoms with Crippen molar-refractivity contribution in [1.82, 2.24) is 5.32 Å². The third kappa shape index (κ3) is 5.84. The lowest BCUT2D eigenvalue weighted by molar-refractivity contribution is -0.175. The zero-order valence-corrected chi connectivity index (χ0v) is 12.3. The number of halogens is 3. The van der Waals surface area contributed by atoms with Crippen LogP contribution in [0.1, 0.15) is 5.56 Å². The van der Waals surface area contributed by atoms with Gasteiger partial charge in [0.1, 0.15) is 11.8 Å². The molecule has 0 fully saturated rings. The highest BCUT2D eigenvalue weighted by Crippen LogP contribution is 2.19. The Morgan fingerprint density at radius 2 is 2.09 bits per heavy atom. The van der Waals surface area contributed by atoms with E-state index in [1.165, 1.54) is 12.4 Å². The van der Waals surface area contributed by atoms with Crippen molar-refractivity contribution in [2.45, 2.75) is 18.0 Å². The van der Waals surface area contributed by atoms with Gasteiger partial charge in [-0.05, 0) is 17.7 Å². The SMILES string of the molecule is COc1cccc(CSCC(NC(=O)C(F)(F)F)C(=O)O)c1. The fourth-order valence-corrected chi connectivity index (χ4v) is 2.47. The Hall–Kier alpha value is -1.90. The van der Waals surface area contributed by atoms with E-state index < -0.39 is 24.1 Å². The molecule has 1 amide bonds. The van der Waals surface area contributed by atoms with Crippen molar-refractivity contribution in [3.8, 4) is 5.75 Å². The van der Waals surface area contributed by atoms with Crippen LogP contribution in [0.15, 0.2) is 24.3 Å². The van der Waals surface area contributed by atoms with Gasteiger partial charge in [0.15, 0.2) is 0 Å². The van der Waals surface area contributed by atoms with Crippen LogP contribution in [0.2, 0.25) is 0 Å². The summed E-state index contributed by atoms with van der Waals surface area (Å²) in [5.41, 5.74) is 0.829. The molecule has 0 heterocycles. The van der Waals surface area contributed by atoms with Crippen LogP contribution >= 0.6 is 11.8 Å². The Morgan fingerprint density at radius 3 is 2.64 bits per heavy atom. The van der Waals surface area contributed by atoms with Crippen LogP contribution in [-0.2, 0) is 15.3 Å². The van der Waals surface area contributed by atoms with Gasteiger partial charge in [-0.2, -0.15) is 24.9 Å². The smallest absolute Gasteiger partial charge is 0.471 e. The molecule has 0 aliphatic rings. The first-order valence-electron chi connectivity index (χ1n) is 6.05. The molecule has 9 heteroatoms. The maximum atomic E-state index is 12.1. The Balaban J connectivity index is 2.54. The summed E-state index contributed by atoms with van der Waals surface area (Å²) in [4.78, 5) is 21.7. The van der Waals surface area contributed by atoms with Crippen LogP contribution in [0.3, 0.4) is 0 Å². The number of hydrogen-bond acceptors (Lipinski definition) is 4. The number of nitrogens with one attached hydrogen (secondary N) is 1. The van der Waals surface area contributed by atoms with Gasteiger partial charge in [-0.25, -0.2) is 4.79 Å². The Morgan fingerprint density at radius 1 is 1.41 bits per heavy atom. The van der Waals surface area contributed by atoms with E-state index in [2.05, 4.69) is 0 Å². The van der Waals surface area contributed by atoms with Crippen molar-refractivity contribution in [1.29, 1.82) is 0 Å². The Kier molecular flexibility index (Phi) is 6.54. The first-order chi connectivity index (χ1) is 10.2. The molecule has 0 bridgehead atoms. The number of thioether (sulfide) groups is 1. The van der Waals surface area contributed by atoms with E-state index in [0.29, 0.717) is 11.5 Å². The minimum Gasteiger partial charge on any atom is -0.497 e. The third-order valence-corrected chi connectivity index (χ3v) is 3.65. The molecule has 0 radical (unpaired) electrons. The summed E-state index contributed by atoms with van der Waals surface area (Å²) < 4.78 is 41.4. The van der Waals surface area contributed by atoms with Crippen LogP contribution in [-0.4, -0.2) is 42.1 Å². The van der Waals surface area contributed by atoms with E-state index >= 15 is 0 Å². The van der Waals surface area contributed by atoms with Crippen LogP contribution in [0.5, 0.6) is 5.75 Å². The maximum absolute atomic E-state index is 12.1. The van der Waals surface area contributed by atoms with E-state index in [0.717, 1.165) is 17.3 Å². The lowest BCUT2D eigenvalue weighted by atomic mass is 10.2. The number of aliphatic carboxylic acids is 1. The second-order valence-electron chi connectivity index (χ2n) is 4.23. The molecule has 0 saturated carbocycles. The number of hydrogen-bond donors (Lipinski definition) is 2. The molecule has 1 aromatic rings. The van der Waals surface area contributed by atoms with Crippen molar-refractivity contribution >= 4 is 23.6 Å². The predicted octanol–water partition coefficient (Wildman–Crippen LogP) is 2.06. The summed E-state index contributed by atoms with van der Waals surface area (Å²) in [6.07, 6.45) is -5.11. The van der Waals surface area contributed by atoms with E-state index in [-0.39, 0.29) is 5.75 Å². The number of rotatable bonds is 7. The number of carbonyl (C=O) groups is 2. The normalized spacial score (nSPS) is 12.5. The van der Waals surface area contributed by atoms with Crippen molar-refractivity contribution in [2.24, 2.45) is 0 Å². The summed E-state index contributed by atoms with van der Waals surface area (Å²) in [7, 11) is 1.50. The molecule has 1 aromatic carbocycles. The molecule has 0 aliphatic heterocycles. The number of amides is 1. The Labute approximate surface area is 128 Å². The van der Waals surface area contributed by atoms with E-state index in [1.807, 2.05) is 0 Å². The standard InChI is InChI=1S/C13H14F3NO4S/c1-21-9-4-2-3-8(5-9)6-22-7-10(11(18)19)17-12(20)13(14,15)16/h2-5,10H,6-7H2,1H3,(H,17,20)(H,18,19). The summed E-state index contributed by atoms with van der Waals surface area (Å²) in [6, 6.07) is 5.38. The summed E-state index contributed by atoms with van der Waals surface area (Å²) in [6.45, 7) is 0. The molecule has 122 valence electrons. The van der Waals surface area contributed by atoms with Crippen LogP contribution in [0.4, 0.5) is 13.2 Å². The van der Waals surface area contributed by atoms with Crippen LogP contribution < -0.4 is 10.1 Å². The number of carboxylic acids is 1. The van der Waals surface area contributed by atoms with Gasteiger partial charge < -0.3 is 15.2 Å². The number of carbonyl (C=O) groups excluding carboxylic acids is 1. The largest absolute Gasteiger partial charge is 0.497 e. The molecule has 0 saturated heterocycles. The van der Waals surface area contributed by atoms with Gasteiger partial charge in [0.05, 0.1) is 7.11 Å². The van der Waals surface area contributed by atoms with Gasteiger partial charge >= 0.3 is 18.1 Å². The molecule has 0 aliphatic carbocycles. The summed E-state index contributed by atoms with van der Waals surface area (Å²) in [5, 5.41) is 10.3. The van der Waals surface area contributed by atoms with Gasteiger partial charge in [0.2, 0.25) is 0 Å². The monoisotopic (exact) mass is 337 g/mol. The van der Waals surface area contributed by atoms with Gasteiger partial charge in [-0.15, -0.1) is 0 Å². The van der Waals surface area contributed by atoms with Crippen molar-refractivity contribution < 1.29 is 32.6 Å². The highest BCUT2D eigenvalue weighted by Gasteiger charge is 2.40. The molecule has 0 aromatic heterocycles. The van der Waals surface area contributed by atoms with E-state index in [4.69, 9.17) is 9.84 Å². The maximum Gasteiger partial charge on any atom is 0.471 e. The topological polar surface area (TPSA) is 75.6 Å².